The largest absolute Gasteiger partial charge is 0.484 e. The van der Waals surface area contributed by atoms with Gasteiger partial charge in [-0.1, -0.05) is 17.7 Å². The molecule has 0 spiro atoms. The molecule has 2 heterocycles. The van der Waals surface area contributed by atoms with Crippen molar-refractivity contribution in [3.63, 3.8) is 0 Å². The number of halogens is 4. The van der Waals surface area contributed by atoms with Crippen LogP contribution in [0.25, 0.3) is 0 Å². The van der Waals surface area contributed by atoms with Crippen LogP contribution in [0, 0.1) is 0 Å². The van der Waals surface area contributed by atoms with Crippen LogP contribution in [0.5, 0.6) is 5.75 Å². The van der Waals surface area contributed by atoms with Gasteiger partial charge in [0.1, 0.15) is 17.5 Å². The van der Waals surface area contributed by atoms with E-state index in [1.807, 2.05) is 0 Å². The van der Waals surface area contributed by atoms with E-state index in [1.54, 1.807) is 24.3 Å². The summed E-state index contributed by atoms with van der Waals surface area (Å²) in [4.78, 5) is 27.6. The van der Waals surface area contributed by atoms with E-state index in [9.17, 15) is 22.8 Å². The number of benzene rings is 1. The van der Waals surface area contributed by atoms with Crippen molar-refractivity contribution >= 4 is 23.4 Å². The smallest absolute Gasteiger partial charge is 0.433 e. The van der Waals surface area contributed by atoms with E-state index in [1.165, 1.54) is 6.07 Å². The second-order valence-electron chi connectivity index (χ2n) is 7.17. The summed E-state index contributed by atoms with van der Waals surface area (Å²) < 4.78 is 48.5. The Morgan fingerprint density at radius 3 is 2.50 bits per heavy atom. The minimum atomic E-state index is -4.51. The Hall–Kier alpha value is -2.85. The highest BCUT2D eigenvalue weighted by Gasteiger charge is 2.32. The van der Waals surface area contributed by atoms with E-state index in [2.05, 4.69) is 15.6 Å². The summed E-state index contributed by atoms with van der Waals surface area (Å²) >= 11 is 5.79. The summed E-state index contributed by atoms with van der Waals surface area (Å²) in [5, 5.41) is 5.98. The zero-order valence-electron chi connectivity index (χ0n) is 16.8. The number of rotatable bonds is 7. The number of aromatic nitrogens is 1. The topological polar surface area (TPSA) is 89.5 Å². The average Bonchev–Trinajstić information content (AvgIpc) is 2.77. The molecule has 0 radical (unpaired) electrons. The molecule has 2 N–H and O–H groups in total. The summed E-state index contributed by atoms with van der Waals surface area (Å²) in [5.74, 6) is -0.170. The number of ether oxygens (including phenoxy) is 2. The lowest BCUT2D eigenvalue weighted by molar-refractivity contribution is -0.141. The van der Waals surface area contributed by atoms with E-state index >= 15 is 0 Å². The third-order valence-electron chi connectivity index (χ3n) is 4.70. The third kappa shape index (κ3) is 7.10. The number of pyridine rings is 1. The van der Waals surface area contributed by atoms with Gasteiger partial charge in [0.15, 0.2) is 6.61 Å². The van der Waals surface area contributed by atoms with Crippen molar-refractivity contribution in [3.8, 4) is 5.75 Å². The fourth-order valence-electron chi connectivity index (χ4n) is 3.02. The number of alkyl halides is 3. The molecule has 11 heteroatoms. The SMILES string of the molecule is O=C(COc1ccc(Cl)cc1)N[C@@H]1CC[C@@H](C(=O)NCc2ccc(C(F)(F)F)nc2)OC1. The number of nitrogens with one attached hydrogen (secondary N) is 2. The maximum atomic E-state index is 12.5. The third-order valence-corrected chi connectivity index (χ3v) is 4.95. The maximum absolute atomic E-state index is 12.5. The summed E-state index contributed by atoms with van der Waals surface area (Å²) in [6.45, 7) is 0.0296. The van der Waals surface area contributed by atoms with Gasteiger partial charge < -0.3 is 20.1 Å². The normalized spacial score (nSPS) is 18.6. The van der Waals surface area contributed by atoms with Crippen molar-refractivity contribution < 1.29 is 32.2 Å². The summed E-state index contributed by atoms with van der Waals surface area (Å²) in [5.41, 5.74) is -0.553. The van der Waals surface area contributed by atoms with Gasteiger partial charge in [-0.15, -0.1) is 0 Å². The predicted octanol–water partition coefficient (Wildman–Crippen LogP) is 3.11. The van der Waals surface area contributed by atoms with E-state index in [0.717, 1.165) is 12.3 Å². The number of carbonyl (C=O) groups is 2. The Kier molecular flexibility index (Phi) is 7.92. The lowest BCUT2D eigenvalue weighted by Gasteiger charge is -2.28. The van der Waals surface area contributed by atoms with Crippen LogP contribution in [-0.4, -0.2) is 42.2 Å². The van der Waals surface area contributed by atoms with Crippen molar-refractivity contribution in [2.24, 2.45) is 0 Å². The molecule has 0 aliphatic carbocycles. The standard InChI is InChI=1S/C21H21ClF3N3O4/c22-14-2-5-16(6-3-14)31-12-19(29)28-15-4-7-17(32-11-15)20(30)27-10-13-1-8-18(26-9-13)21(23,24)25/h1-3,5-6,8-9,15,17H,4,7,10-12H2,(H,27,30)(H,28,29)/t15-,17+/m1/s1. The van der Waals surface area contributed by atoms with Crippen LogP contribution >= 0.6 is 11.6 Å². The first-order valence-electron chi connectivity index (χ1n) is 9.80. The number of amides is 2. The van der Waals surface area contributed by atoms with Gasteiger partial charge in [0.25, 0.3) is 5.91 Å². The quantitative estimate of drug-likeness (QED) is 0.647. The zero-order chi connectivity index (χ0) is 23.1. The van der Waals surface area contributed by atoms with Gasteiger partial charge in [-0.3, -0.25) is 14.6 Å². The summed E-state index contributed by atoms with van der Waals surface area (Å²) in [7, 11) is 0. The molecule has 2 atom stereocenters. The van der Waals surface area contributed by atoms with Crippen LogP contribution in [0.3, 0.4) is 0 Å². The Bertz CT molecular complexity index is 915. The summed E-state index contributed by atoms with van der Waals surface area (Å²) in [6.07, 6.45) is -3.21. The van der Waals surface area contributed by atoms with Crippen LogP contribution in [-0.2, 0) is 27.0 Å². The lowest BCUT2D eigenvalue weighted by Crippen LogP contribution is -2.48. The van der Waals surface area contributed by atoms with Crippen molar-refractivity contribution in [3.05, 3.63) is 58.9 Å². The fourth-order valence-corrected chi connectivity index (χ4v) is 3.15. The summed E-state index contributed by atoms with van der Waals surface area (Å²) in [6, 6.07) is 8.50. The van der Waals surface area contributed by atoms with E-state index in [0.29, 0.717) is 29.2 Å². The molecule has 1 aromatic carbocycles. The zero-order valence-corrected chi connectivity index (χ0v) is 17.6. The van der Waals surface area contributed by atoms with Crippen LogP contribution < -0.4 is 15.4 Å². The molecule has 0 saturated carbocycles. The Morgan fingerprint density at radius 2 is 1.91 bits per heavy atom. The monoisotopic (exact) mass is 471 g/mol. The molecule has 3 rings (SSSR count). The van der Waals surface area contributed by atoms with Crippen LogP contribution in [0.1, 0.15) is 24.1 Å². The molecule has 2 amide bonds. The van der Waals surface area contributed by atoms with E-state index in [4.69, 9.17) is 21.1 Å². The Labute approximate surface area is 187 Å². The van der Waals surface area contributed by atoms with Crippen LogP contribution in [0.15, 0.2) is 42.6 Å². The minimum absolute atomic E-state index is 0.0338. The number of hydrogen-bond acceptors (Lipinski definition) is 5. The van der Waals surface area contributed by atoms with Gasteiger partial charge in [-0.2, -0.15) is 13.2 Å². The predicted molar refractivity (Wildman–Crippen MR) is 109 cm³/mol. The van der Waals surface area contributed by atoms with Gasteiger partial charge >= 0.3 is 6.18 Å². The highest BCUT2D eigenvalue weighted by Crippen LogP contribution is 2.27. The molecule has 1 aliphatic rings. The first-order chi connectivity index (χ1) is 15.2. The van der Waals surface area contributed by atoms with Gasteiger partial charge in [0.05, 0.1) is 12.6 Å². The molecule has 1 saturated heterocycles. The van der Waals surface area contributed by atoms with Crippen molar-refractivity contribution in [1.82, 2.24) is 15.6 Å². The molecule has 1 aliphatic heterocycles. The number of hydrogen-bond donors (Lipinski definition) is 2. The molecule has 32 heavy (non-hydrogen) atoms. The fraction of sp³-hybridized carbons (Fsp3) is 0.381. The molecule has 1 fully saturated rings. The first kappa shape index (κ1) is 23.8. The van der Waals surface area contributed by atoms with E-state index in [-0.39, 0.29) is 37.6 Å². The van der Waals surface area contributed by atoms with Crippen LogP contribution in [0.4, 0.5) is 13.2 Å². The van der Waals surface area contributed by atoms with Gasteiger partial charge in [-0.25, -0.2) is 0 Å². The highest BCUT2D eigenvalue weighted by atomic mass is 35.5. The minimum Gasteiger partial charge on any atom is -0.484 e. The van der Waals surface area contributed by atoms with Crippen LogP contribution in [0.2, 0.25) is 5.02 Å². The number of carbonyl (C=O) groups excluding carboxylic acids is 2. The second-order valence-corrected chi connectivity index (χ2v) is 7.61. The second kappa shape index (κ2) is 10.6. The Balaban J connectivity index is 1.36. The van der Waals surface area contributed by atoms with Crippen molar-refractivity contribution in [1.29, 1.82) is 0 Å². The van der Waals surface area contributed by atoms with Gasteiger partial charge in [-0.05, 0) is 48.7 Å². The van der Waals surface area contributed by atoms with Gasteiger partial charge in [0.2, 0.25) is 5.91 Å². The highest BCUT2D eigenvalue weighted by molar-refractivity contribution is 6.30. The Morgan fingerprint density at radius 1 is 1.16 bits per heavy atom. The maximum Gasteiger partial charge on any atom is 0.433 e. The molecule has 1 aromatic heterocycles. The van der Waals surface area contributed by atoms with Crippen molar-refractivity contribution in [2.75, 3.05) is 13.2 Å². The number of nitrogens with zero attached hydrogens (tertiary/aromatic N) is 1. The van der Waals surface area contributed by atoms with Gasteiger partial charge in [0, 0.05) is 17.8 Å². The first-order valence-corrected chi connectivity index (χ1v) is 10.2. The average molecular weight is 472 g/mol. The molecule has 0 bridgehead atoms. The van der Waals surface area contributed by atoms with E-state index < -0.39 is 18.0 Å². The molecule has 7 nitrogen and oxygen atoms in total. The molecule has 172 valence electrons. The molecule has 0 unspecified atom stereocenters. The molecular weight excluding hydrogens is 451 g/mol. The molecule has 2 aromatic rings. The molecular formula is C21H21ClF3N3O4. The lowest BCUT2D eigenvalue weighted by atomic mass is 10.0. The van der Waals surface area contributed by atoms with Crippen molar-refractivity contribution in [2.45, 2.75) is 37.7 Å².